The van der Waals surface area contributed by atoms with Gasteiger partial charge < -0.3 is 15.2 Å². The number of amides is 1. The van der Waals surface area contributed by atoms with Gasteiger partial charge in [0.1, 0.15) is 17.2 Å². The number of hydrogen-bond donors (Lipinski definition) is 2. The monoisotopic (exact) mass is 273 g/mol. The molecule has 0 aromatic heterocycles. The second-order valence-electron chi connectivity index (χ2n) is 4.21. The van der Waals surface area contributed by atoms with Gasteiger partial charge in [-0.3, -0.25) is 4.79 Å². The molecule has 1 atom stereocenters. The average molecular weight is 273 g/mol. The van der Waals surface area contributed by atoms with Gasteiger partial charge in [-0.1, -0.05) is 6.07 Å². The fraction of sp³-hybridized carbons (Fsp3) is 0.462. The highest BCUT2D eigenvalue weighted by molar-refractivity contribution is 5.94. The Labute approximate surface area is 110 Å². The zero-order valence-corrected chi connectivity index (χ0v) is 10.9. The minimum Gasteiger partial charge on any atom is -0.391 e. The maximum atomic E-state index is 13.6. The van der Waals surface area contributed by atoms with Gasteiger partial charge in [-0.15, -0.1) is 0 Å². The Morgan fingerprint density at radius 2 is 2.16 bits per heavy atom. The third-order valence-electron chi connectivity index (χ3n) is 2.63. The minimum absolute atomic E-state index is 0.107. The van der Waals surface area contributed by atoms with Crippen LogP contribution in [-0.4, -0.2) is 37.4 Å². The van der Waals surface area contributed by atoms with Crippen LogP contribution in [0.25, 0.3) is 0 Å². The van der Waals surface area contributed by atoms with Crippen LogP contribution in [0.5, 0.6) is 0 Å². The predicted molar refractivity (Wildman–Crippen MR) is 65.9 cm³/mol. The zero-order valence-electron chi connectivity index (χ0n) is 10.9. The number of rotatable bonds is 6. The Hall–Kier alpha value is -1.53. The third kappa shape index (κ3) is 4.25. The Bertz CT molecular complexity index is 452. The van der Waals surface area contributed by atoms with Crippen LogP contribution in [0.4, 0.5) is 8.78 Å². The van der Waals surface area contributed by atoms with Gasteiger partial charge in [-0.25, -0.2) is 8.78 Å². The first kappa shape index (κ1) is 15.5. The quantitative estimate of drug-likeness (QED) is 0.823. The van der Waals surface area contributed by atoms with Gasteiger partial charge in [0.05, 0.1) is 12.7 Å². The lowest BCUT2D eigenvalue weighted by atomic mass is 10.1. The molecule has 0 fully saturated rings. The van der Waals surface area contributed by atoms with Crippen molar-refractivity contribution in [3.8, 4) is 0 Å². The number of halogens is 2. The van der Waals surface area contributed by atoms with Crippen molar-refractivity contribution in [1.29, 1.82) is 0 Å². The highest BCUT2D eigenvalue weighted by Gasteiger charge is 2.18. The Morgan fingerprint density at radius 1 is 1.47 bits per heavy atom. The number of nitrogens with one attached hydrogen (secondary N) is 1. The molecule has 4 nitrogen and oxygen atoms in total. The van der Waals surface area contributed by atoms with Gasteiger partial charge in [0.2, 0.25) is 0 Å². The molecule has 1 aromatic carbocycles. The normalized spacial score (nSPS) is 12.3. The van der Waals surface area contributed by atoms with Crippen molar-refractivity contribution in [2.75, 3.05) is 20.3 Å². The second kappa shape index (κ2) is 7.16. The molecule has 0 aliphatic rings. The van der Waals surface area contributed by atoms with Crippen molar-refractivity contribution in [3.63, 3.8) is 0 Å². The molecule has 19 heavy (non-hydrogen) atoms. The van der Waals surface area contributed by atoms with Gasteiger partial charge in [0, 0.05) is 13.7 Å². The van der Waals surface area contributed by atoms with E-state index in [-0.39, 0.29) is 25.1 Å². The molecule has 0 aliphatic carbocycles. The first-order valence-corrected chi connectivity index (χ1v) is 5.87. The van der Waals surface area contributed by atoms with Crippen molar-refractivity contribution < 1.29 is 23.4 Å². The summed E-state index contributed by atoms with van der Waals surface area (Å²) in [6.45, 7) is 1.70. The highest BCUT2D eigenvalue weighted by Crippen LogP contribution is 2.16. The van der Waals surface area contributed by atoms with E-state index in [2.05, 4.69) is 5.32 Å². The minimum atomic E-state index is -0.905. The number of methoxy groups -OCH3 is 1. The molecule has 0 aliphatic heterocycles. The van der Waals surface area contributed by atoms with Crippen molar-refractivity contribution >= 4 is 5.91 Å². The van der Waals surface area contributed by atoms with Crippen LogP contribution in [0.1, 0.15) is 22.3 Å². The lowest BCUT2D eigenvalue weighted by molar-refractivity contribution is 0.0587. The van der Waals surface area contributed by atoms with Gasteiger partial charge in [-0.05, 0) is 25.0 Å². The number of aliphatic hydroxyl groups is 1. The molecule has 1 amide bonds. The molecule has 2 N–H and O–H groups in total. The van der Waals surface area contributed by atoms with Crippen molar-refractivity contribution in [2.24, 2.45) is 0 Å². The van der Waals surface area contributed by atoms with Gasteiger partial charge in [0.15, 0.2) is 0 Å². The molecule has 1 rings (SSSR count). The summed E-state index contributed by atoms with van der Waals surface area (Å²) in [6.07, 6.45) is -0.480. The number of ether oxygens (including phenoxy) is 1. The standard InChI is InChI=1S/C13H17F2NO3/c1-8-3-4-10(14)11(12(8)15)13(18)16-6-5-9(17)7-19-2/h3-4,9,17H,5-7H2,1-2H3,(H,16,18). The van der Waals surface area contributed by atoms with Crippen LogP contribution >= 0.6 is 0 Å². The number of hydrogen-bond acceptors (Lipinski definition) is 3. The smallest absolute Gasteiger partial charge is 0.257 e. The van der Waals surface area contributed by atoms with Gasteiger partial charge in [-0.2, -0.15) is 0 Å². The van der Waals surface area contributed by atoms with E-state index in [0.717, 1.165) is 6.07 Å². The molecular formula is C13H17F2NO3. The molecule has 6 heteroatoms. The Balaban J connectivity index is 2.62. The van der Waals surface area contributed by atoms with Crippen LogP contribution in [0, 0.1) is 18.6 Å². The maximum absolute atomic E-state index is 13.6. The molecule has 0 saturated carbocycles. The number of aryl methyl sites for hydroxylation is 1. The van der Waals surface area contributed by atoms with Crippen molar-refractivity contribution in [1.82, 2.24) is 5.32 Å². The van der Waals surface area contributed by atoms with E-state index in [4.69, 9.17) is 4.74 Å². The lowest BCUT2D eigenvalue weighted by Gasteiger charge is -2.11. The number of carbonyl (C=O) groups excluding carboxylic acids is 1. The first-order chi connectivity index (χ1) is 8.97. The second-order valence-corrected chi connectivity index (χ2v) is 4.21. The molecule has 1 unspecified atom stereocenters. The fourth-order valence-corrected chi connectivity index (χ4v) is 1.58. The summed E-state index contributed by atoms with van der Waals surface area (Å²) in [4.78, 5) is 11.7. The van der Waals surface area contributed by atoms with E-state index in [1.807, 2.05) is 0 Å². The van der Waals surface area contributed by atoms with Crippen molar-refractivity contribution in [2.45, 2.75) is 19.4 Å². The molecule has 0 radical (unpaired) electrons. The lowest BCUT2D eigenvalue weighted by Crippen LogP contribution is -2.30. The molecule has 0 spiro atoms. The van der Waals surface area contributed by atoms with Crippen LogP contribution in [-0.2, 0) is 4.74 Å². The summed E-state index contributed by atoms with van der Waals surface area (Å²) < 4.78 is 31.8. The topological polar surface area (TPSA) is 58.6 Å². The SMILES string of the molecule is COCC(O)CCNC(=O)c1c(F)ccc(C)c1F. The van der Waals surface area contributed by atoms with Crippen LogP contribution in [0.2, 0.25) is 0 Å². The van der Waals surface area contributed by atoms with Crippen LogP contribution in [0.15, 0.2) is 12.1 Å². The number of aliphatic hydroxyl groups excluding tert-OH is 1. The van der Waals surface area contributed by atoms with Gasteiger partial charge >= 0.3 is 0 Å². The van der Waals surface area contributed by atoms with Gasteiger partial charge in [0.25, 0.3) is 5.91 Å². The summed E-state index contributed by atoms with van der Waals surface area (Å²) in [6, 6.07) is 2.32. The van der Waals surface area contributed by atoms with E-state index in [0.29, 0.717) is 0 Å². The van der Waals surface area contributed by atoms with E-state index in [9.17, 15) is 18.7 Å². The molecule has 0 saturated heterocycles. The Kier molecular flexibility index (Phi) is 5.85. The van der Waals surface area contributed by atoms with Crippen LogP contribution in [0.3, 0.4) is 0 Å². The largest absolute Gasteiger partial charge is 0.391 e. The summed E-state index contributed by atoms with van der Waals surface area (Å²) in [5, 5.41) is 11.7. The molecule has 1 aromatic rings. The predicted octanol–water partition coefficient (Wildman–Crippen LogP) is 1.40. The maximum Gasteiger partial charge on any atom is 0.257 e. The van der Waals surface area contributed by atoms with E-state index >= 15 is 0 Å². The average Bonchev–Trinajstić information content (AvgIpc) is 2.35. The van der Waals surface area contributed by atoms with E-state index < -0.39 is 29.2 Å². The number of benzene rings is 1. The first-order valence-electron chi connectivity index (χ1n) is 5.87. The number of carbonyl (C=O) groups is 1. The zero-order chi connectivity index (χ0) is 14.4. The van der Waals surface area contributed by atoms with E-state index in [1.54, 1.807) is 0 Å². The summed E-state index contributed by atoms with van der Waals surface area (Å²) in [7, 11) is 1.44. The summed E-state index contributed by atoms with van der Waals surface area (Å²) >= 11 is 0. The summed E-state index contributed by atoms with van der Waals surface area (Å²) in [5.41, 5.74) is -0.396. The molecule has 0 heterocycles. The van der Waals surface area contributed by atoms with Crippen LogP contribution < -0.4 is 5.32 Å². The summed E-state index contributed by atoms with van der Waals surface area (Å²) in [5.74, 6) is -2.60. The Morgan fingerprint density at radius 3 is 2.79 bits per heavy atom. The highest BCUT2D eigenvalue weighted by atomic mass is 19.1. The molecular weight excluding hydrogens is 256 g/mol. The third-order valence-corrected chi connectivity index (χ3v) is 2.63. The van der Waals surface area contributed by atoms with E-state index in [1.165, 1.54) is 20.1 Å². The molecule has 0 bridgehead atoms. The molecule has 106 valence electrons. The van der Waals surface area contributed by atoms with Crippen molar-refractivity contribution in [3.05, 3.63) is 34.9 Å². The fourth-order valence-electron chi connectivity index (χ4n) is 1.58.